The minimum absolute atomic E-state index is 0.138. The minimum Gasteiger partial charge on any atom is -0.393 e. The largest absolute Gasteiger partial charge is 0.393 e. The maximum absolute atomic E-state index is 11.5. The molecular weight excluding hydrogens is 368 g/mol. The molecule has 0 aromatic heterocycles. The lowest BCUT2D eigenvalue weighted by Gasteiger charge is -2.45. The molecule has 6 atom stereocenters. The fourth-order valence-corrected chi connectivity index (χ4v) is 6.13. The van der Waals surface area contributed by atoms with Crippen molar-refractivity contribution in [2.45, 2.75) is 98.2 Å². The number of aliphatic hydroxyl groups is 2. The minimum atomic E-state index is -0.759. The molecule has 0 radical (unpaired) electrons. The summed E-state index contributed by atoms with van der Waals surface area (Å²) in [6, 6.07) is 0. The number of allylic oxidation sites excluding steroid dienone is 6. The highest BCUT2D eigenvalue weighted by atomic mass is 16.3. The number of rotatable bonds is 6. The van der Waals surface area contributed by atoms with E-state index >= 15 is 0 Å². The standard InChI is InChI=1S/C28H44O2/c1-19(2)20(3)15-17-28(6,30)26-14-13-25-22(8-7-16-27(25,26)5)10-11-23-18-24(29)12-9-21(23)4/h8,10-11,15,17,19-20,24-26,29-30H,7,9,12-14,16,18H2,1-6H3/b11-10+,17-15+/t20-,24-,25-,26-,27-,28-/m0/s1. The predicted octanol–water partition coefficient (Wildman–Crippen LogP) is 6.76. The molecule has 3 rings (SSSR count). The van der Waals surface area contributed by atoms with Crippen LogP contribution in [0.3, 0.4) is 0 Å². The second-order valence-corrected chi connectivity index (χ2v) is 11.2. The molecule has 2 N–H and O–H groups in total. The molecule has 3 aliphatic rings. The Hall–Kier alpha value is -1.12. The molecule has 168 valence electrons. The van der Waals surface area contributed by atoms with Crippen LogP contribution in [0.15, 0.2) is 47.1 Å². The molecule has 0 saturated heterocycles. The molecule has 2 heteroatoms. The van der Waals surface area contributed by atoms with E-state index in [1.54, 1.807) is 0 Å². The summed E-state index contributed by atoms with van der Waals surface area (Å²) in [4.78, 5) is 0. The van der Waals surface area contributed by atoms with Gasteiger partial charge < -0.3 is 10.2 Å². The Morgan fingerprint density at radius 1 is 1.17 bits per heavy atom. The lowest BCUT2D eigenvalue weighted by molar-refractivity contribution is -0.0198. The molecule has 1 fully saturated rings. The zero-order chi connectivity index (χ0) is 22.1. The monoisotopic (exact) mass is 412 g/mol. The lowest BCUT2D eigenvalue weighted by Crippen LogP contribution is -2.43. The van der Waals surface area contributed by atoms with Gasteiger partial charge in [-0.2, -0.15) is 0 Å². The van der Waals surface area contributed by atoms with Gasteiger partial charge in [-0.1, -0.05) is 63.6 Å². The van der Waals surface area contributed by atoms with Crippen molar-refractivity contribution in [3.8, 4) is 0 Å². The van der Waals surface area contributed by atoms with Gasteiger partial charge in [0.05, 0.1) is 11.7 Å². The van der Waals surface area contributed by atoms with Crippen molar-refractivity contribution in [1.82, 2.24) is 0 Å². The summed E-state index contributed by atoms with van der Waals surface area (Å²) in [7, 11) is 0. The Morgan fingerprint density at radius 3 is 2.60 bits per heavy atom. The molecule has 1 saturated carbocycles. The van der Waals surface area contributed by atoms with E-state index in [0.717, 1.165) is 44.9 Å². The molecule has 3 aliphatic carbocycles. The van der Waals surface area contributed by atoms with Crippen LogP contribution >= 0.6 is 0 Å². The fraction of sp³-hybridized carbons (Fsp3) is 0.714. The zero-order valence-corrected chi connectivity index (χ0v) is 20.1. The highest BCUT2D eigenvalue weighted by Gasteiger charge is 2.53. The van der Waals surface area contributed by atoms with Crippen LogP contribution in [-0.4, -0.2) is 21.9 Å². The van der Waals surface area contributed by atoms with Gasteiger partial charge in [0.15, 0.2) is 0 Å². The number of hydrogen-bond acceptors (Lipinski definition) is 2. The molecule has 0 spiro atoms. The van der Waals surface area contributed by atoms with Gasteiger partial charge in [-0.05, 0) is 99.0 Å². The highest BCUT2D eigenvalue weighted by Crippen LogP contribution is 2.59. The van der Waals surface area contributed by atoms with Crippen molar-refractivity contribution < 1.29 is 10.2 Å². The summed E-state index contributed by atoms with van der Waals surface area (Å²) in [5.74, 6) is 1.88. The smallest absolute Gasteiger partial charge is 0.0833 e. The molecule has 0 aromatic rings. The van der Waals surface area contributed by atoms with E-state index in [-0.39, 0.29) is 11.5 Å². The molecule has 0 aromatic carbocycles. The van der Waals surface area contributed by atoms with Crippen molar-refractivity contribution in [2.24, 2.45) is 29.1 Å². The molecule has 0 heterocycles. The molecule has 30 heavy (non-hydrogen) atoms. The van der Waals surface area contributed by atoms with Crippen LogP contribution in [0.5, 0.6) is 0 Å². The topological polar surface area (TPSA) is 40.5 Å². The van der Waals surface area contributed by atoms with E-state index in [4.69, 9.17) is 0 Å². The van der Waals surface area contributed by atoms with Gasteiger partial charge in [-0.25, -0.2) is 0 Å². The first-order chi connectivity index (χ1) is 14.0. The summed E-state index contributed by atoms with van der Waals surface area (Å²) in [6.45, 7) is 13.4. The second kappa shape index (κ2) is 9.17. The van der Waals surface area contributed by atoms with Gasteiger partial charge >= 0.3 is 0 Å². The van der Waals surface area contributed by atoms with Gasteiger partial charge in [0.1, 0.15) is 0 Å². The first-order valence-corrected chi connectivity index (χ1v) is 12.2. The van der Waals surface area contributed by atoms with E-state index in [2.05, 4.69) is 65.0 Å². The number of aliphatic hydroxyl groups excluding tert-OH is 1. The SMILES string of the molecule is CC1=C(/C=C/C2=CCC[C@@]3(C)[C@H]2CC[C@@H]3[C@@](C)(O)/C=C/[C@H](C)C(C)C)C[C@@H](O)CC1. The fourth-order valence-electron chi connectivity index (χ4n) is 6.13. The third kappa shape index (κ3) is 4.86. The van der Waals surface area contributed by atoms with Crippen molar-refractivity contribution in [1.29, 1.82) is 0 Å². The molecule has 0 unspecified atom stereocenters. The summed E-state index contributed by atoms with van der Waals surface area (Å²) >= 11 is 0. The first kappa shape index (κ1) is 23.5. The molecule has 0 bridgehead atoms. The molecule has 0 aliphatic heterocycles. The second-order valence-electron chi connectivity index (χ2n) is 11.2. The quantitative estimate of drug-likeness (QED) is 0.473. The Kier molecular flexibility index (Phi) is 7.19. The van der Waals surface area contributed by atoms with Crippen molar-refractivity contribution in [2.75, 3.05) is 0 Å². The van der Waals surface area contributed by atoms with Gasteiger partial charge in [-0.15, -0.1) is 0 Å². The zero-order valence-electron chi connectivity index (χ0n) is 20.1. The highest BCUT2D eigenvalue weighted by molar-refractivity contribution is 5.36. The van der Waals surface area contributed by atoms with E-state index in [1.807, 2.05) is 6.92 Å². The average Bonchev–Trinajstić information content (AvgIpc) is 3.05. The van der Waals surface area contributed by atoms with Crippen LogP contribution in [0.2, 0.25) is 0 Å². The van der Waals surface area contributed by atoms with Crippen molar-refractivity contribution >= 4 is 0 Å². The van der Waals surface area contributed by atoms with Crippen LogP contribution in [0.25, 0.3) is 0 Å². The van der Waals surface area contributed by atoms with Crippen LogP contribution < -0.4 is 0 Å². The van der Waals surface area contributed by atoms with Crippen LogP contribution in [0.4, 0.5) is 0 Å². The van der Waals surface area contributed by atoms with Crippen LogP contribution in [0.1, 0.15) is 86.5 Å². The Morgan fingerprint density at radius 2 is 1.90 bits per heavy atom. The lowest BCUT2D eigenvalue weighted by atomic mass is 9.61. The first-order valence-electron chi connectivity index (χ1n) is 12.2. The normalized spacial score (nSPS) is 35.8. The molecule has 2 nitrogen and oxygen atoms in total. The predicted molar refractivity (Wildman–Crippen MR) is 127 cm³/mol. The maximum Gasteiger partial charge on any atom is 0.0833 e. The third-order valence-electron chi connectivity index (χ3n) is 8.63. The Bertz CT molecular complexity index is 736. The van der Waals surface area contributed by atoms with E-state index in [0.29, 0.717) is 23.7 Å². The third-order valence-corrected chi connectivity index (χ3v) is 8.63. The van der Waals surface area contributed by atoms with Crippen molar-refractivity contribution in [3.05, 3.63) is 47.1 Å². The van der Waals surface area contributed by atoms with E-state index in [9.17, 15) is 10.2 Å². The number of hydrogen-bond donors (Lipinski definition) is 2. The molecular formula is C28H44O2. The van der Waals surface area contributed by atoms with Crippen molar-refractivity contribution in [3.63, 3.8) is 0 Å². The Labute approximate surface area is 184 Å². The van der Waals surface area contributed by atoms with E-state index in [1.165, 1.54) is 16.7 Å². The summed E-state index contributed by atoms with van der Waals surface area (Å²) in [5, 5.41) is 21.5. The van der Waals surface area contributed by atoms with Crippen LogP contribution in [-0.2, 0) is 0 Å². The summed E-state index contributed by atoms with van der Waals surface area (Å²) < 4.78 is 0. The Balaban J connectivity index is 1.78. The van der Waals surface area contributed by atoms with E-state index < -0.39 is 5.60 Å². The van der Waals surface area contributed by atoms with Gasteiger partial charge in [0, 0.05) is 0 Å². The molecule has 0 amide bonds. The van der Waals surface area contributed by atoms with Gasteiger partial charge in [0.2, 0.25) is 0 Å². The van der Waals surface area contributed by atoms with Gasteiger partial charge in [0.25, 0.3) is 0 Å². The number of fused-ring (bicyclic) bond motifs is 1. The van der Waals surface area contributed by atoms with Crippen LogP contribution in [0, 0.1) is 29.1 Å². The maximum atomic E-state index is 11.5. The average molecular weight is 413 g/mol. The summed E-state index contributed by atoms with van der Waals surface area (Å²) in [6.07, 6.45) is 18.3. The van der Waals surface area contributed by atoms with Gasteiger partial charge in [-0.3, -0.25) is 0 Å². The summed E-state index contributed by atoms with van der Waals surface area (Å²) in [5.41, 5.74) is 3.56.